The fourth-order valence-corrected chi connectivity index (χ4v) is 3.98. The highest BCUT2D eigenvalue weighted by molar-refractivity contribution is 7.14. The predicted octanol–water partition coefficient (Wildman–Crippen LogP) is 2.34. The number of carbonyl (C=O) groups excluding carboxylic acids is 1. The highest BCUT2D eigenvalue weighted by atomic mass is 32.1. The summed E-state index contributed by atoms with van der Waals surface area (Å²) in [7, 11) is 3.24. The Morgan fingerprint density at radius 3 is 3.00 bits per heavy atom. The Labute approximate surface area is 174 Å². The van der Waals surface area contributed by atoms with Gasteiger partial charge in [-0.15, -0.1) is 11.3 Å². The first kappa shape index (κ1) is 20.9. The molecular formula is C20H25N5O3S. The van der Waals surface area contributed by atoms with Crippen LogP contribution in [0.4, 0.5) is 5.13 Å². The molecule has 0 saturated carbocycles. The van der Waals surface area contributed by atoms with Gasteiger partial charge in [0.1, 0.15) is 17.5 Å². The van der Waals surface area contributed by atoms with Crippen molar-refractivity contribution in [1.82, 2.24) is 15.2 Å². The number of carbonyl (C=O) groups is 1. The first-order valence-corrected chi connectivity index (χ1v) is 10.4. The van der Waals surface area contributed by atoms with E-state index in [4.69, 9.17) is 14.7 Å². The molecular weight excluding hydrogens is 390 g/mol. The molecule has 2 aromatic rings. The molecule has 154 valence electrons. The third kappa shape index (κ3) is 5.16. The van der Waals surface area contributed by atoms with Crippen molar-refractivity contribution in [3.63, 3.8) is 0 Å². The lowest BCUT2D eigenvalue weighted by molar-refractivity contribution is -0.130. The van der Waals surface area contributed by atoms with Gasteiger partial charge in [0, 0.05) is 36.6 Å². The van der Waals surface area contributed by atoms with Gasteiger partial charge in [0.15, 0.2) is 5.13 Å². The van der Waals surface area contributed by atoms with E-state index in [1.54, 1.807) is 19.1 Å². The van der Waals surface area contributed by atoms with Crippen LogP contribution < -0.4 is 20.1 Å². The highest BCUT2D eigenvalue weighted by Gasteiger charge is 2.27. The maximum absolute atomic E-state index is 12.2. The van der Waals surface area contributed by atoms with Crippen LogP contribution in [-0.2, 0) is 4.79 Å². The molecule has 1 amide bonds. The summed E-state index contributed by atoms with van der Waals surface area (Å²) in [4.78, 5) is 18.4. The Hall–Kier alpha value is -2.83. The number of amides is 1. The van der Waals surface area contributed by atoms with E-state index in [0.717, 1.165) is 35.0 Å². The maximum atomic E-state index is 12.2. The van der Waals surface area contributed by atoms with Gasteiger partial charge < -0.3 is 25.0 Å². The van der Waals surface area contributed by atoms with Crippen molar-refractivity contribution in [3.8, 4) is 28.8 Å². The summed E-state index contributed by atoms with van der Waals surface area (Å²) >= 11 is 1.51. The lowest BCUT2D eigenvalue weighted by Crippen LogP contribution is -2.41. The lowest BCUT2D eigenvalue weighted by atomic mass is 10.1. The van der Waals surface area contributed by atoms with Crippen LogP contribution in [0.1, 0.15) is 12.8 Å². The van der Waals surface area contributed by atoms with Gasteiger partial charge in [-0.3, -0.25) is 4.79 Å². The van der Waals surface area contributed by atoms with Crippen LogP contribution in [0.5, 0.6) is 11.5 Å². The second-order valence-corrected chi connectivity index (χ2v) is 7.44. The summed E-state index contributed by atoms with van der Waals surface area (Å²) in [6.45, 7) is 2.18. The van der Waals surface area contributed by atoms with Crippen LogP contribution >= 0.6 is 11.3 Å². The molecule has 29 heavy (non-hydrogen) atoms. The molecule has 1 fully saturated rings. The van der Waals surface area contributed by atoms with Crippen molar-refractivity contribution in [2.24, 2.45) is 0 Å². The molecule has 1 aromatic heterocycles. The predicted molar refractivity (Wildman–Crippen MR) is 112 cm³/mol. The molecule has 8 nitrogen and oxygen atoms in total. The number of rotatable bonds is 9. The van der Waals surface area contributed by atoms with E-state index in [1.165, 1.54) is 11.3 Å². The molecule has 2 heterocycles. The Morgan fingerprint density at radius 2 is 2.24 bits per heavy atom. The number of hydrogen-bond acceptors (Lipinski definition) is 8. The summed E-state index contributed by atoms with van der Waals surface area (Å²) in [5.74, 6) is 1.42. The fourth-order valence-electron chi connectivity index (χ4n) is 3.24. The van der Waals surface area contributed by atoms with Gasteiger partial charge in [-0.25, -0.2) is 4.98 Å². The van der Waals surface area contributed by atoms with Crippen LogP contribution in [-0.4, -0.2) is 62.2 Å². The number of thiazole rings is 1. The quantitative estimate of drug-likeness (QED) is 0.607. The molecule has 0 radical (unpaired) electrons. The third-order valence-corrected chi connectivity index (χ3v) is 5.57. The number of hydrogen-bond donors (Lipinski definition) is 2. The number of nitriles is 1. The van der Waals surface area contributed by atoms with E-state index < -0.39 is 0 Å². The van der Waals surface area contributed by atoms with E-state index in [1.807, 2.05) is 23.6 Å². The zero-order valence-electron chi connectivity index (χ0n) is 16.6. The standard InChI is InChI=1S/C20H25N5O3S/c1-27-15-5-6-16(18(10-15)28-2)17-13-29-20(24-17)23-8-7-22-12-19(26)25-9-3-4-14(25)11-21/h5-6,10,13-14,22H,3-4,7-9,12H2,1-2H3,(H,23,24). The van der Waals surface area contributed by atoms with Gasteiger partial charge in [-0.2, -0.15) is 5.26 Å². The van der Waals surface area contributed by atoms with Crippen molar-refractivity contribution in [2.75, 3.05) is 45.7 Å². The van der Waals surface area contributed by atoms with Crippen molar-refractivity contribution in [1.29, 1.82) is 5.26 Å². The number of benzene rings is 1. The first-order chi connectivity index (χ1) is 14.2. The highest BCUT2D eigenvalue weighted by Crippen LogP contribution is 2.34. The van der Waals surface area contributed by atoms with E-state index in [-0.39, 0.29) is 18.5 Å². The number of ether oxygens (including phenoxy) is 2. The molecule has 1 aromatic carbocycles. The van der Waals surface area contributed by atoms with Gasteiger partial charge in [0.25, 0.3) is 0 Å². The van der Waals surface area contributed by atoms with Crippen molar-refractivity contribution >= 4 is 22.4 Å². The molecule has 1 aliphatic rings. The summed E-state index contributed by atoms with van der Waals surface area (Å²) < 4.78 is 10.7. The summed E-state index contributed by atoms with van der Waals surface area (Å²) in [6, 6.07) is 7.56. The topological polar surface area (TPSA) is 99.5 Å². The molecule has 1 saturated heterocycles. The minimum Gasteiger partial charge on any atom is -0.497 e. The molecule has 0 aliphatic carbocycles. The number of aromatic nitrogens is 1. The molecule has 3 rings (SSSR count). The average molecular weight is 416 g/mol. The monoisotopic (exact) mass is 415 g/mol. The van der Waals surface area contributed by atoms with Crippen molar-refractivity contribution in [2.45, 2.75) is 18.9 Å². The van der Waals surface area contributed by atoms with E-state index in [9.17, 15) is 4.79 Å². The van der Waals surface area contributed by atoms with Crippen LogP contribution in [0.25, 0.3) is 11.3 Å². The van der Waals surface area contributed by atoms with Gasteiger partial charge >= 0.3 is 0 Å². The van der Waals surface area contributed by atoms with Crippen LogP contribution in [0.2, 0.25) is 0 Å². The zero-order chi connectivity index (χ0) is 20.6. The van der Waals surface area contributed by atoms with Gasteiger partial charge in [0.2, 0.25) is 5.91 Å². The number of nitrogens with one attached hydrogen (secondary N) is 2. The summed E-state index contributed by atoms with van der Waals surface area (Å²) in [6.07, 6.45) is 1.67. The largest absolute Gasteiger partial charge is 0.497 e. The normalized spacial score (nSPS) is 15.8. The van der Waals surface area contributed by atoms with E-state index >= 15 is 0 Å². The Kier molecular flexibility index (Phi) is 7.27. The molecule has 9 heteroatoms. The second-order valence-electron chi connectivity index (χ2n) is 6.58. The zero-order valence-corrected chi connectivity index (χ0v) is 17.4. The van der Waals surface area contributed by atoms with Gasteiger partial charge in [-0.05, 0) is 25.0 Å². The molecule has 1 unspecified atom stereocenters. The molecule has 1 aliphatic heterocycles. The minimum atomic E-state index is -0.272. The smallest absolute Gasteiger partial charge is 0.237 e. The van der Waals surface area contributed by atoms with Crippen LogP contribution in [0.3, 0.4) is 0 Å². The SMILES string of the molecule is COc1ccc(-c2csc(NCCNCC(=O)N3CCCC3C#N)n2)c(OC)c1. The summed E-state index contributed by atoms with van der Waals surface area (Å²) in [5, 5.41) is 18.2. The lowest BCUT2D eigenvalue weighted by Gasteiger charge is -2.19. The van der Waals surface area contributed by atoms with Gasteiger partial charge in [-0.1, -0.05) is 0 Å². The number of likely N-dealkylation sites (tertiary alicyclic amines) is 1. The molecule has 1 atom stereocenters. The van der Waals surface area contributed by atoms with Gasteiger partial charge in [0.05, 0.1) is 32.5 Å². The molecule has 0 bridgehead atoms. The van der Waals surface area contributed by atoms with Crippen LogP contribution in [0, 0.1) is 11.3 Å². The second kappa shape index (κ2) is 10.1. The van der Waals surface area contributed by atoms with E-state index in [2.05, 4.69) is 21.7 Å². The number of anilines is 1. The molecule has 0 spiro atoms. The first-order valence-electron chi connectivity index (χ1n) is 9.48. The Morgan fingerprint density at radius 1 is 1.38 bits per heavy atom. The Bertz CT molecular complexity index is 879. The van der Waals surface area contributed by atoms with Crippen LogP contribution in [0.15, 0.2) is 23.6 Å². The maximum Gasteiger partial charge on any atom is 0.237 e. The van der Waals surface area contributed by atoms with Crippen molar-refractivity contribution < 1.29 is 14.3 Å². The van der Waals surface area contributed by atoms with E-state index in [0.29, 0.717) is 25.4 Å². The fraction of sp³-hybridized carbons (Fsp3) is 0.450. The third-order valence-electron chi connectivity index (χ3n) is 4.77. The number of nitrogens with zero attached hydrogens (tertiary/aromatic N) is 3. The summed E-state index contributed by atoms with van der Waals surface area (Å²) in [5.41, 5.74) is 1.73. The number of methoxy groups -OCH3 is 2. The average Bonchev–Trinajstić information content (AvgIpc) is 3.42. The van der Waals surface area contributed by atoms with Crippen molar-refractivity contribution in [3.05, 3.63) is 23.6 Å². The molecule has 2 N–H and O–H groups in total. The Balaban J connectivity index is 1.45. The minimum absolute atomic E-state index is 0.0165.